The van der Waals surface area contributed by atoms with Crippen LogP contribution in [0.5, 0.6) is 5.88 Å². The highest BCUT2D eigenvalue weighted by Gasteiger charge is 2.31. The Morgan fingerprint density at radius 2 is 2.15 bits per heavy atom. The van der Waals surface area contributed by atoms with Crippen LogP contribution in [0.2, 0.25) is 0 Å². The molecule has 3 rings (SSSR count). The number of rotatable bonds is 5. The van der Waals surface area contributed by atoms with Crippen molar-refractivity contribution in [2.75, 3.05) is 6.54 Å². The lowest BCUT2D eigenvalue weighted by atomic mass is 10.2. The van der Waals surface area contributed by atoms with Crippen LogP contribution in [0.1, 0.15) is 12.0 Å². The second-order valence-electron chi connectivity index (χ2n) is 5.78. The van der Waals surface area contributed by atoms with Gasteiger partial charge in [0.05, 0.1) is 5.52 Å². The Morgan fingerprint density at radius 3 is 2.89 bits per heavy atom. The number of carbonyl (C=O) groups excluding carboxylic acids is 2. The van der Waals surface area contributed by atoms with Crippen molar-refractivity contribution in [2.45, 2.75) is 18.6 Å². The van der Waals surface area contributed by atoms with Gasteiger partial charge in [-0.1, -0.05) is 23.4 Å². The minimum absolute atomic E-state index is 0.0671. The fourth-order valence-electron chi connectivity index (χ4n) is 2.43. The lowest BCUT2D eigenvalue weighted by molar-refractivity contribution is -0.137. The first kappa shape index (κ1) is 18.6. The normalized spacial score (nSPS) is 16.9. The number of benzene rings is 1. The molecule has 27 heavy (non-hydrogen) atoms. The zero-order valence-corrected chi connectivity index (χ0v) is 14.9. The van der Waals surface area contributed by atoms with E-state index in [1.54, 1.807) is 6.07 Å². The van der Waals surface area contributed by atoms with Gasteiger partial charge in [-0.3, -0.25) is 14.4 Å². The van der Waals surface area contributed by atoms with Gasteiger partial charge in [0.25, 0.3) is 5.91 Å². The van der Waals surface area contributed by atoms with Gasteiger partial charge in [0.15, 0.2) is 5.69 Å². The van der Waals surface area contributed by atoms with Crippen LogP contribution < -0.4 is 5.32 Å². The lowest BCUT2D eigenvalue weighted by Gasteiger charge is -2.05. The van der Waals surface area contributed by atoms with Crippen molar-refractivity contribution in [3.05, 3.63) is 23.8 Å². The summed E-state index contributed by atoms with van der Waals surface area (Å²) in [5, 5.41) is 28.6. The van der Waals surface area contributed by atoms with Crippen molar-refractivity contribution < 1.29 is 24.6 Å². The average Bonchev–Trinajstić information content (AvgIpc) is 3.10. The topological polar surface area (TPSA) is 157 Å². The Bertz CT molecular complexity index is 996. The number of aliphatic carboxylic acids is 1. The SMILES string of the molecule is Cc1ccc2[nH]c(O)c(N=NC3=NC(=O)[C@H](CC(=O)NCC(=O)O)S3)c2c1. The van der Waals surface area contributed by atoms with Gasteiger partial charge < -0.3 is 20.5 Å². The van der Waals surface area contributed by atoms with Crippen molar-refractivity contribution in [1.82, 2.24) is 10.3 Å². The molecular weight excluding hydrogens is 374 g/mol. The Kier molecular flexibility index (Phi) is 5.21. The second kappa shape index (κ2) is 7.58. The van der Waals surface area contributed by atoms with Crippen LogP contribution in [0.3, 0.4) is 0 Å². The number of nitrogens with zero attached hydrogens (tertiary/aromatic N) is 3. The fourth-order valence-corrected chi connectivity index (χ4v) is 3.30. The molecule has 0 saturated carbocycles. The number of hydrogen-bond donors (Lipinski definition) is 4. The smallest absolute Gasteiger partial charge is 0.322 e. The van der Waals surface area contributed by atoms with Crippen LogP contribution in [-0.4, -0.2) is 49.9 Å². The predicted octanol–water partition coefficient (Wildman–Crippen LogP) is 1.85. The van der Waals surface area contributed by atoms with Crippen LogP contribution in [0.4, 0.5) is 5.69 Å². The van der Waals surface area contributed by atoms with Gasteiger partial charge in [-0.25, -0.2) is 0 Å². The maximum atomic E-state index is 11.9. The van der Waals surface area contributed by atoms with Crippen molar-refractivity contribution in [2.24, 2.45) is 15.2 Å². The van der Waals surface area contributed by atoms with Gasteiger partial charge in [-0.2, -0.15) is 4.99 Å². The molecule has 0 saturated heterocycles. The standard InChI is InChI=1S/C16H15N5O5S/c1-7-2-3-9-8(4-7)13(15(26)18-9)20-21-16-19-14(25)10(27-16)5-11(22)17-6-12(23)24/h2-4,10,18,26H,5-6H2,1H3,(H,17,22)(H,23,24)/t10-/m0/s1. The first-order valence-electron chi connectivity index (χ1n) is 7.84. The van der Waals surface area contributed by atoms with E-state index in [4.69, 9.17) is 5.11 Å². The third-order valence-electron chi connectivity index (χ3n) is 3.68. The molecule has 0 aliphatic carbocycles. The molecule has 0 unspecified atom stereocenters. The number of aromatic amines is 1. The van der Waals surface area contributed by atoms with Gasteiger partial charge >= 0.3 is 5.97 Å². The molecule has 1 aliphatic heterocycles. The minimum atomic E-state index is -1.17. The van der Waals surface area contributed by atoms with Gasteiger partial charge in [0.2, 0.25) is 17.0 Å². The molecule has 4 N–H and O–H groups in total. The highest BCUT2D eigenvalue weighted by atomic mass is 32.2. The molecule has 1 aromatic carbocycles. The molecule has 0 spiro atoms. The van der Waals surface area contributed by atoms with E-state index >= 15 is 0 Å². The van der Waals surface area contributed by atoms with E-state index in [2.05, 4.69) is 25.5 Å². The van der Waals surface area contributed by atoms with Crippen LogP contribution in [0, 0.1) is 6.92 Å². The van der Waals surface area contributed by atoms with Gasteiger partial charge in [-0.05, 0) is 19.1 Å². The maximum Gasteiger partial charge on any atom is 0.322 e. The quantitative estimate of drug-likeness (QED) is 0.572. The number of carboxylic acid groups (broad SMARTS) is 1. The molecular formula is C16H15N5O5S. The van der Waals surface area contributed by atoms with Gasteiger partial charge in [0, 0.05) is 11.8 Å². The minimum Gasteiger partial charge on any atom is -0.493 e. The van der Waals surface area contributed by atoms with E-state index in [9.17, 15) is 19.5 Å². The number of thioether (sulfide) groups is 1. The first-order chi connectivity index (χ1) is 12.8. The van der Waals surface area contributed by atoms with Crippen molar-refractivity contribution in [3.63, 3.8) is 0 Å². The number of carbonyl (C=O) groups is 3. The predicted molar refractivity (Wildman–Crippen MR) is 98.3 cm³/mol. The number of carboxylic acids is 1. The van der Waals surface area contributed by atoms with E-state index < -0.39 is 29.6 Å². The number of azo groups is 1. The highest BCUT2D eigenvalue weighted by Crippen LogP contribution is 2.36. The summed E-state index contributed by atoms with van der Waals surface area (Å²) in [4.78, 5) is 40.5. The number of aryl methyl sites for hydroxylation is 1. The van der Waals surface area contributed by atoms with E-state index in [-0.39, 0.29) is 23.2 Å². The maximum absolute atomic E-state index is 11.9. The zero-order chi connectivity index (χ0) is 19.6. The molecule has 2 aromatic rings. The number of amidine groups is 1. The van der Waals surface area contributed by atoms with E-state index in [1.165, 1.54) is 0 Å². The summed E-state index contributed by atoms with van der Waals surface area (Å²) >= 11 is 0.958. The number of nitrogens with one attached hydrogen (secondary N) is 2. The zero-order valence-electron chi connectivity index (χ0n) is 14.1. The summed E-state index contributed by atoms with van der Waals surface area (Å²) in [6.07, 6.45) is -0.211. The number of amides is 2. The van der Waals surface area contributed by atoms with Crippen LogP contribution >= 0.6 is 11.8 Å². The Morgan fingerprint density at radius 1 is 1.37 bits per heavy atom. The second-order valence-corrected chi connectivity index (χ2v) is 6.95. The molecule has 140 valence electrons. The molecule has 0 radical (unpaired) electrons. The molecule has 10 nitrogen and oxygen atoms in total. The van der Waals surface area contributed by atoms with Crippen molar-refractivity contribution >= 4 is 51.3 Å². The largest absolute Gasteiger partial charge is 0.493 e. The van der Waals surface area contributed by atoms with E-state index in [1.807, 2.05) is 19.1 Å². The Labute approximate surface area is 156 Å². The van der Waals surface area contributed by atoms with Crippen LogP contribution in [-0.2, 0) is 14.4 Å². The molecule has 0 fully saturated rings. The molecule has 1 atom stereocenters. The Hall–Kier alpha value is -3.21. The first-order valence-corrected chi connectivity index (χ1v) is 8.72. The Balaban J connectivity index is 1.69. The number of aromatic nitrogens is 1. The summed E-state index contributed by atoms with van der Waals surface area (Å²) in [5.41, 5.74) is 1.90. The monoisotopic (exact) mass is 389 g/mol. The number of aliphatic imine (C=N–C) groups is 1. The third kappa shape index (κ3) is 4.31. The highest BCUT2D eigenvalue weighted by molar-refractivity contribution is 8.15. The molecule has 0 bridgehead atoms. The lowest BCUT2D eigenvalue weighted by Crippen LogP contribution is -2.32. The van der Waals surface area contributed by atoms with E-state index in [0.717, 1.165) is 17.3 Å². The molecule has 11 heteroatoms. The van der Waals surface area contributed by atoms with Gasteiger partial charge in [-0.15, -0.1) is 10.2 Å². The van der Waals surface area contributed by atoms with Crippen molar-refractivity contribution in [3.8, 4) is 5.88 Å². The fraction of sp³-hybridized carbons (Fsp3) is 0.250. The van der Waals surface area contributed by atoms with E-state index in [0.29, 0.717) is 10.9 Å². The molecule has 2 heterocycles. The molecule has 1 aromatic heterocycles. The number of H-pyrrole nitrogens is 1. The number of aromatic hydroxyl groups is 1. The summed E-state index contributed by atoms with van der Waals surface area (Å²) in [7, 11) is 0. The van der Waals surface area contributed by atoms with Crippen LogP contribution in [0.25, 0.3) is 10.9 Å². The third-order valence-corrected chi connectivity index (χ3v) is 4.72. The number of fused-ring (bicyclic) bond motifs is 1. The average molecular weight is 389 g/mol. The molecule has 1 aliphatic rings. The molecule has 2 amide bonds. The summed E-state index contributed by atoms with van der Waals surface area (Å²) in [6.45, 7) is 1.39. The number of hydrogen-bond acceptors (Lipinski definition) is 7. The van der Waals surface area contributed by atoms with Gasteiger partial charge in [0.1, 0.15) is 11.8 Å². The van der Waals surface area contributed by atoms with Crippen molar-refractivity contribution in [1.29, 1.82) is 0 Å². The summed E-state index contributed by atoms with van der Waals surface area (Å²) in [5.74, 6) is -2.44. The van der Waals surface area contributed by atoms with Crippen LogP contribution in [0.15, 0.2) is 33.4 Å². The summed E-state index contributed by atoms with van der Waals surface area (Å²) < 4.78 is 0. The summed E-state index contributed by atoms with van der Waals surface area (Å²) in [6, 6.07) is 5.53.